The van der Waals surface area contributed by atoms with Gasteiger partial charge in [-0.15, -0.1) is 0 Å². The third kappa shape index (κ3) is 11.6. The Morgan fingerprint density at radius 2 is 1.52 bits per heavy atom. The molecule has 1 saturated heterocycles. The molecule has 1 aliphatic heterocycles. The van der Waals surface area contributed by atoms with Crippen molar-refractivity contribution in [1.29, 1.82) is 0 Å². The number of hydrogen-bond donors (Lipinski definition) is 1. The molecule has 13 nitrogen and oxygen atoms in total. The number of piperazine rings is 1. The number of aliphatic carboxylic acids is 2. The molecule has 0 spiro atoms. The van der Waals surface area contributed by atoms with E-state index in [1.54, 1.807) is 0 Å². The van der Waals surface area contributed by atoms with E-state index >= 15 is 0 Å². The Morgan fingerprint density at radius 1 is 1.00 bits per heavy atom. The number of carbonyl (C=O) groups excluding carboxylic acids is 4. The van der Waals surface area contributed by atoms with Crippen molar-refractivity contribution >= 4 is 35.6 Å². The Bertz CT molecular complexity index is 766. The number of aromatic nitrogens is 2. The van der Waals surface area contributed by atoms with E-state index in [4.69, 9.17) is 9.47 Å². The molecule has 184 valence electrons. The molecule has 0 unspecified atom stereocenters. The second-order valence-electron chi connectivity index (χ2n) is 7.09. The highest BCUT2D eigenvalue weighted by atomic mass is 16.7. The number of unbranched alkanes of at least 4 members (excludes halogenated alkanes) is 1. The van der Waals surface area contributed by atoms with Crippen molar-refractivity contribution in [2.24, 2.45) is 0 Å². The van der Waals surface area contributed by atoms with Crippen LogP contribution in [0.5, 0.6) is 0 Å². The molecule has 0 amide bonds. The van der Waals surface area contributed by atoms with E-state index in [9.17, 15) is 29.4 Å². The molecule has 13 heteroatoms. The zero-order valence-corrected chi connectivity index (χ0v) is 18.9. The van der Waals surface area contributed by atoms with E-state index in [-0.39, 0.29) is 5.82 Å². The van der Waals surface area contributed by atoms with Gasteiger partial charge in [-0.3, -0.25) is 9.59 Å². The first-order valence-electron chi connectivity index (χ1n) is 10.5. The van der Waals surface area contributed by atoms with Gasteiger partial charge in [0.25, 0.3) is 0 Å². The fourth-order valence-electron chi connectivity index (χ4n) is 2.35. The maximum atomic E-state index is 11.6. The predicted octanol–water partition coefficient (Wildman–Crippen LogP) is -1.90. The van der Waals surface area contributed by atoms with Crippen LogP contribution in [0.4, 0.5) is 11.8 Å². The molecule has 0 bridgehead atoms. The summed E-state index contributed by atoms with van der Waals surface area (Å²) in [5.74, 6) is -5.46. The summed E-state index contributed by atoms with van der Waals surface area (Å²) in [7, 11) is 1.99. The lowest BCUT2D eigenvalue weighted by atomic mass is 10.3. The van der Waals surface area contributed by atoms with E-state index in [1.165, 1.54) is 25.1 Å². The minimum atomic E-state index is -1.82. The molecule has 1 aromatic rings. The van der Waals surface area contributed by atoms with Crippen molar-refractivity contribution in [1.82, 2.24) is 14.9 Å². The zero-order valence-electron chi connectivity index (χ0n) is 18.9. The second kappa shape index (κ2) is 14.6. The molecular weight excluding hydrogens is 438 g/mol. The lowest BCUT2D eigenvalue weighted by Gasteiger charge is -2.32. The van der Waals surface area contributed by atoms with Gasteiger partial charge in [0, 0.05) is 32.4 Å². The van der Waals surface area contributed by atoms with Gasteiger partial charge >= 0.3 is 18.4 Å². The standard InChI is InChI=1S/C16H21N5O8.C4H10/c1-20-4-6-21(7-5-20)15-17-3-2-10(18-15)19-16(28-13(26)8-11(22)23)29-14(27)9-12(24)25;1-3-4-2/h2-3,16H,4-9H2,1H3,(H,22,23)(H,24,25)(H,17,18,19);3-4H2,1-2H3/p-2. The van der Waals surface area contributed by atoms with Crippen molar-refractivity contribution in [3.63, 3.8) is 0 Å². The number of nitrogens with zero attached hydrogens (tertiary/aromatic N) is 4. The minimum Gasteiger partial charge on any atom is -0.550 e. The third-order valence-electron chi connectivity index (χ3n) is 4.25. The van der Waals surface area contributed by atoms with Crippen LogP contribution in [-0.2, 0) is 28.7 Å². The number of rotatable bonds is 10. The van der Waals surface area contributed by atoms with Crippen molar-refractivity contribution in [3.05, 3.63) is 12.3 Å². The number of carboxylic acids is 2. The Morgan fingerprint density at radius 3 is 1.97 bits per heavy atom. The third-order valence-corrected chi connectivity index (χ3v) is 4.25. The fraction of sp³-hybridized carbons (Fsp3) is 0.600. The van der Waals surface area contributed by atoms with Gasteiger partial charge in [-0.05, 0) is 13.1 Å². The highest BCUT2D eigenvalue weighted by Crippen LogP contribution is 2.14. The number of ether oxygens (including phenoxy) is 2. The minimum absolute atomic E-state index is 0.0985. The highest BCUT2D eigenvalue weighted by Gasteiger charge is 2.21. The van der Waals surface area contributed by atoms with E-state index in [0.29, 0.717) is 19.0 Å². The summed E-state index contributed by atoms with van der Waals surface area (Å²) < 4.78 is 9.42. The first-order valence-corrected chi connectivity index (χ1v) is 10.5. The van der Waals surface area contributed by atoms with Crippen molar-refractivity contribution < 1.29 is 38.9 Å². The molecule has 1 aliphatic rings. The molecule has 1 fully saturated rings. The van der Waals surface area contributed by atoms with Crippen LogP contribution in [0.2, 0.25) is 0 Å². The van der Waals surface area contributed by atoms with Gasteiger partial charge in [-0.2, -0.15) is 4.98 Å². The Hall–Kier alpha value is -3.48. The first kappa shape index (κ1) is 27.6. The predicted molar refractivity (Wildman–Crippen MR) is 111 cm³/mol. The summed E-state index contributed by atoms with van der Waals surface area (Å²) in [6, 6.07) is 1.39. The molecule has 0 aromatic carbocycles. The quantitative estimate of drug-likeness (QED) is 0.229. The van der Waals surface area contributed by atoms with Crippen molar-refractivity contribution in [3.8, 4) is 0 Å². The molecule has 0 radical (unpaired) electrons. The molecule has 0 saturated carbocycles. The maximum Gasteiger partial charge on any atom is 0.330 e. The Kier molecular flexibility index (Phi) is 12.2. The van der Waals surface area contributed by atoms with Crippen molar-refractivity contribution in [2.45, 2.75) is 45.9 Å². The van der Waals surface area contributed by atoms with Gasteiger partial charge in [0.15, 0.2) is 0 Å². The highest BCUT2D eigenvalue weighted by molar-refractivity contribution is 5.90. The largest absolute Gasteiger partial charge is 0.550 e. The van der Waals surface area contributed by atoms with Crippen LogP contribution in [0.25, 0.3) is 0 Å². The summed E-state index contributed by atoms with van der Waals surface area (Å²) in [4.78, 5) is 56.6. The van der Waals surface area contributed by atoms with Crippen LogP contribution in [0.1, 0.15) is 39.5 Å². The Balaban J connectivity index is 0.00000125. The van der Waals surface area contributed by atoms with Crippen LogP contribution in [0.3, 0.4) is 0 Å². The smallest absolute Gasteiger partial charge is 0.330 e. The lowest BCUT2D eigenvalue weighted by Crippen LogP contribution is -2.45. The SMILES string of the molecule is CCCC.CN1CCN(c2nccc(NC(OC(=O)CC(=O)[O-])OC(=O)CC(=O)[O-])n2)CC1. The number of carbonyl (C=O) groups is 4. The van der Waals surface area contributed by atoms with Crippen LogP contribution in [0.15, 0.2) is 12.3 Å². The van der Waals surface area contributed by atoms with Crippen molar-refractivity contribution in [2.75, 3.05) is 43.4 Å². The van der Waals surface area contributed by atoms with E-state index in [1.807, 2.05) is 11.9 Å². The second-order valence-corrected chi connectivity index (χ2v) is 7.09. The van der Waals surface area contributed by atoms with E-state index < -0.39 is 43.1 Å². The first-order chi connectivity index (χ1) is 15.6. The van der Waals surface area contributed by atoms with Crippen LogP contribution in [0, 0.1) is 0 Å². The Labute approximate surface area is 191 Å². The molecule has 1 N–H and O–H groups in total. The summed E-state index contributed by atoms with van der Waals surface area (Å²) in [6.45, 7) is 7.35. The summed E-state index contributed by atoms with van der Waals surface area (Å²) >= 11 is 0. The topological polar surface area (TPSA) is 177 Å². The molecule has 2 rings (SSSR count). The monoisotopic (exact) mass is 467 g/mol. The van der Waals surface area contributed by atoms with Crippen LogP contribution in [-0.4, -0.2) is 78.4 Å². The molecule has 33 heavy (non-hydrogen) atoms. The van der Waals surface area contributed by atoms with E-state index in [0.717, 1.165) is 13.1 Å². The molecule has 2 heterocycles. The number of nitrogens with one attached hydrogen (secondary N) is 1. The number of esters is 2. The summed E-state index contributed by atoms with van der Waals surface area (Å²) in [6.07, 6.45) is 0.0643. The van der Waals surface area contributed by atoms with Gasteiger partial charge < -0.3 is 44.4 Å². The number of likely N-dealkylation sites (N-methyl/N-ethyl adjacent to an activating group) is 1. The van der Waals surface area contributed by atoms with Gasteiger partial charge in [0.1, 0.15) is 5.82 Å². The molecular formula is C20H29N5O8-2. The molecule has 0 atom stereocenters. The molecule has 0 aliphatic carbocycles. The van der Waals surface area contributed by atoms with E-state index in [2.05, 4.69) is 34.0 Å². The maximum absolute atomic E-state index is 11.6. The van der Waals surface area contributed by atoms with Gasteiger partial charge in [-0.25, -0.2) is 4.98 Å². The zero-order chi connectivity index (χ0) is 24.8. The average Bonchev–Trinajstić information content (AvgIpc) is 2.73. The average molecular weight is 467 g/mol. The number of hydrogen-bond acceptors (Lipinski definition) is 13. The molecule has 1 aromatic heterocycles. The van der Waals surface area contributed by atoms with Gasteiger partial charge in [-0.1, -0.05) is 26.7 Å². The van der Waals surface area contributed by atoms with Gasteiger partial charge in [0.2, 0.25) is 5.95 Å². The normalized spacial score (nSPS) is 13.5. The summed E-state index contributed by atoms with van der Waals surface area (Å²) in [5, 5.41) is 23.5. The van der Waals surface area contributed by atoms with Crippen LogP contribution < -0.4 is 20.4 Å². The lowest BCUT2D eigenvalue weighted by molar-refractivity contribution is -0.306. The summed E-state index contributed by atoms with van der Waals surface area (Å²) in [5.41, 5.74) is 0. The fourth-order valence-corrected chi connectivity index (χ4v) is 2.35. The van der Waals surface area contributed by atoms with Gasteiger partial charge in [0.05, 0.1) is 24.8 Å². The van der Waals surface area contributed by atoms with Crippen LogP contribution >= 0.6 is 0 Å². The number of anilines is 2. The number of carboxylic acid groups (broad SMARTS) is 2.